The average molecular weight is 327 g/mol. The van der Waals surface area contributed by atoms with Crippen molar-refractivity contribution in [1.82, 2.24) is 9.78 Å². The normalized spacial score (nSPS) is 10.7. The minimum Gasteiger partial charge on any atom is -0.481 e. The van der Waals surface area contributed by atoms with Gasteiger partial charge in [0.1, 0.15) is 10.4 Å². The summed E-state index contributed by atoms with van der Waals surface area (Å²) in [5.41, 5.74) is 2.34. The maximum Gasteiger partial charge on any atom is 0.303 e. The molecule has 0 spiro atoms. The van der Waals surface area contributed by atoms with Crippen LogP contribution in [0.4, 0.5) is 4.39 Å². The van der Waals surface area contributed by atoms with Crippen molar-refractivity contribution in [3.05, 3.63) is 45.9 Å². The van der Waals surface area contributed by atoms with Gasteiger partial charge >= 0.3 is 5.97 Å². The summed E-state index contributed by atoms with van der Waals surface area (Å²) in [4.78, 5) is 10.6. The van der Waals surface area contributed by atoms with Crippen LogP contribution in [0.2, 0.25) is 0 Å². The standard InChI is InChI=1S/C13H12BrFN2O2/c1-8-11(6-7-12(18)19)13(14)17(16-8)10-4-2-9(15)3-5-10/h2-5H,6-7H2,1H3,(H,18,19). The average Bonchev–Trinajstić information content (AvgIpc) is 2.63. The van der Waals surface area contributed by atoms with E-state index in [9.17, 15) is 9.18 Å². The van der Waals surface area contributed by atoms with Gasteiger partial charge in [0.25, 0.3) is 0 Å². The highest BCUT2D eigenvalue weighted by Crippen LogP contribution is 2.25. The van der Waals surface area contributed by atoms with Crippen molar-refractivity contribution >= 4 is 21.9 Å². The summed E-state index contributed by atoms with van der Waals surface area (Å²) in [7, 11) is 0. The molecular formula is C13H12BrFN2O2. The highest BCUT2D eigenvalue weighted by molar-refractivity contribution is 9.10. The summed E-state index contributed by atoms with van der Waals surface area (Å²) >= 11 is 3.42. The van der Waals surface area contributed by atoms with E-state index in [0.29, 0.717) is 11.0 Å². The van der Waals surface area contributed by atoms with Gasteiger partial charge in [0.15, 0.2) is 0 Å². The lowest BCUT2D eigenvalue weighted by atomic mass is 10.1. The zero-order valence-corrected chi connectivity index (χ0v) is 11.8. The van der Waals surface area contributed by atoms with Crippen LogP contribution < -0.4 is 0 Å². The van der Waals surface area contributed by atoms with Gasteiger partial charge in [0.2, 0.25) is 0 Å². The molecule has 2 rings (SSSR count). The van der Waals surface area contributed by atoms with Crippen molar-refractivity contribution in [3.8, 4) is 5.69 Å². The number of nitrogens with zero attached hydrogens (tertiary/aromatic N) is 2. The first-order valence-electron chi connectivity index (χ1n) is 5.70. The van der Waals surface area contributed by atoms with E-state index in [4.69, 9.17) is 5.11 Å². The molecule has 1 aromatic carbocycles. The summed E-state index contributed by atoms with van der Waals surface area (Å²) in [6.07, 6.45) is 0.456. The Bertz CT molecular complexity index is 608. The quantitative estimate of drug-likeness (QED) is 0.939. The third kappa shape index (κ3) is 3.01. The molecule has 100 valence electrons. The molecule has 0 aliphatic rings. The number of benzene rings is 1. The molecule has 0 saturated heterocycles. The minimum absolute atomic E-state index is 0.0501. The third-order valence-electron chi connectivity index (χ3n) is 2.78. The summed E-state index contributed by atoms with van der Waals surface area (Å²) in [5.74, 6) is -1.16. The summed E-state index contributed by atoms with van der Waals surface area (Å²) in [6.45, 7) is 1.82. The van der Waals surface area contributed by atoms with Gasteiger partial charge in [-0.1, -0.05) is 0 Å². The Morgan fingerprint density at radius 3 is 2.63 bits per heavy atom. The summed E-state index contributed by atoms with van der Waals surface area (Å²) in [6, 6.07) is 5.95. The number of aliphatic carboxylic acids is 1. The zero-order valence-electron chi connectivity index (χ0n) is 10.2. The molecule has 0 atom stereocenters. The van der Waals surface area contributed by atoms with E-state index in [1.165, 1.54) is 12.1 Å². The van der Waals surface area contributed by atoms with E-state index in [2.05, 4.69) is 21.0 Å². The van der Waals surface area contributed by atoms with E-state index >= 15 is 0 Å². The second-order valence-corrected chi connectivity index (χ2v) is 4.89. The number of carboxylic acid groups (broad SMARTS) is 1. The Morgan fingerprint density at radius 1 is 1.42 bits per heavy atom. The van der Waals surface area contributed by atoms with Crippen LogP contribution in [0.3, 0.4) is 0 Å². The molecule has 1 heterocycles. The lowest BCUT2D eigenvalue weighted by Crippen LogP contribution is -1.99. The molecule has 0 saturated carbocycles. The maximum atomic E-state index is 12.9. The van der Waals surface area contributed by atoms with Crippen molar-refractivity contribution in [2.75, 3.05) is 0 Å². The Balaban J connectivity index is 2.35. The molecule has 0 bridgehead atoms. The summed E-state index contributed by atoms with van der Waals surface area (Å²) < 4.78 is 15.2. The lowest BCUT2D eigenvalue weighted by molar-refractivity contribution is -0.136. The number of aromatic nitrogens is 2. The highest BCUT2D eigenvalue weighted by Gasteiger charge is 2.15. The predicted molar refractivity (Wildman–Crippen MR) is 71.9 cm³/mol. The molecule has 1 aromatic heterocycles. The number of hydrogen-bond donors (Lipinski definition) is 1. The van der Waals surface area contributed by atoms with Crippen LogP contribution in [-0.2, 0) is 11.2 Å². The summed E-state index contributed by atoms with van der Waals surface area (Å²) in [5, 5.41) is 13.1. The Kier molecular flexibility index (Phi) is 3.99. The minimum atomic E-state index is -0.846. The van der Waals surface area contributed by atoms with Crippen molar-refractivity contribution in [2.24, 2.45) is 0 Å². The SMILES string of the molecule is Cc1nn(-c2ccc(F)cc2)c(Br)c1CCC(=O)O. The van der Waals surface area contributed by atoms with Crippen LogP contribution in [0, 0.1) is 12.7 Å². The molecule has 0 unspecified atom stereocenters. The van der Waals surface area contributed by atoms with Crippen LogP contribution in [0.5, 0.6) is 0 Å². The largest absolute Gasteiger partial charge is 0.481 e. The van der Waals surface area contributed by atoms with Gasteiger partial charge in [0, 0.05) is 12.0 Å². The van der Waals surface area contributed by atoms with Crippen LogP contribution in [0.1, 0.15) is 17.7 Å². The number of hydrogen-bond acceptors (Lipinski definition) is 2. The van der Waals surface area contributed by atoms with Gasteiger partial charge < -0.3 is 5.11 Å². The van der Waals surface area contributed by atoms with Crippen LogP contribution >= 0.6 is 15.9 Å². The maximum absolute atomic E-state index is 12.9. The fourth-order valence-electron chi connectivity index (χ4n) is 1.80. The molecule has 2 aromatic rings. The molecule has 4 nitrogen and oxygen atoms in total. The second kappa shape index (κ2) is 5.52. The van der Waals surface area contributed by atoms with E-state index in [1.807, 2.05) is 6.92 Å². The Hall–Kier alpha value is -1.69. The highest BCUT2D eigenvalue weighted by atomic mass is 79.9. The van der Waals surface area contributed by atoms with Gasteiger partial charge in [-0.25, -0.2) is 9.07 Å². The molecule has 0 aliphatic heterocycles. The fourth-order valence-corrected chi connectivity index (χ4v) is 2.57. The molecule has 6 heteroatoms. The first-order valence-corrected chi connectivity index (χ1v) is 6.50. The number of carbonyl (C=O) groups is 1. The van der Waals surface area contributed by atoms with E-state index < -0.39 is 5.97 Å². The predicted octanol–water partition coefficient (Wildman–Crippen LogP) is 3.10. The third-order valence-corrected chi connectivity index (χ3v) is 3.60. The number of rotatable bonds is 4. The van der Waals surface area contributed by atoms with Crippen molar-refractivity contribution in [3.63, 3.8) is 0 Å². The smallest absolute Gasteiger partial charge is 0.303 e. The van der Waals surface area contributed by atoms with Crippen molar-refractivity contribution in [2.45, 2.75) is 19.8 Å². The van der Waals surface area contributed by atoms with Gasteiger partial charge in [0.05, 0.1) is 11.4 Å². The van der Waals surface area contributed by atoms with E-state index in [0.717, 1.165) is 16.9 Å². The topological polar surface area (TPSA) is 55.1 Å². The molecule has 1 N–H and O–H groups in total. The fraction of sp³-hybridized carbons (Fsp3) is 0.231. The number of halogens is 2. The first kappa shape index (κ1) is 13.7. The Labute approximate surface area is 118 Å². The van der Waals surface area contributed by atoms with E-state index in [1.54, 1.807) is 16.8 Å². The molecule has 0 amide bonds. The van der Waals surface area contributed by atoms with Gasteiger partial charge in [-0.05, 0) is 53.5 Å². The second-order valence-electron chi connectivity index (χ2n) is 4.14. The molecule has 0 radical (unpaired) electrons. The molecule has 19 heavy (non-hydrogen) atoms. The van der Waals surface area contributed by atoms with Gasteiger partial charge in [-0.2, -0.15) is 5.10 Å². The number of carboxylic acids is 1. The van der Waals surface area contributed by atoms with Crippen LogP contribution in [-0.4, -0.2) is 20.9 Å². The number of aryl methyl sites for hydroxylation is 1. The van der Waals surface area contributed by atoms with Crippen LogP contribution in [0.25, 0.3) is 5.69 Å². The zero-order chi connectivity index (χ0) is 14.0. The molecular weight excluding hydrogens is 315 g/mol. The van der Waals surface area contributed by atoms with E-state index in [-0.39, 0.29) is 12.2 Å². The Morgan fingerprint density at radius 2 is 2.05 bits per heavy atom. The van der Waals surface area contributed by atoms with Crippen molar-refractivity contribution in [1.29, 1.82) is 0 Å². The monoisotopic (exact) mass is 326 g/mol. The lowest BCUT2D eigenvalue weighted by Gasteiger charge is -2.03. The molecule has 0 aliphatic carbocycles. The van der Waals surface area contributed by atoms with Crippen molar-refractivity contribution < 1.29 is 14.3 Å². The van der Waals surface area contributed by atoms with Crippen LogP contribution in [0.15, 0.2) is 28.9 Å². The van der Waals surface area contributed by atoms with Gasteiger partial charge in [-0.3, -0.25) is 4.79 Å². The molecule has 0 fully saturated rings. The van der Waals surface area contributed by atoms with Gasteiger partial charge in [-0.15, -0.1) is 0 Å². The first-order chi connectivity index (χ1) is 8.99.